The summed E-state index contributed by atoms with van der Waals surface area (Å²) < 4.78 is 14.4. The van der Waals surface area contributed by atoms with Crippen LogP contribution in [0.2, 0.25) is 0 Å². The summed E-state index contributed by atoms with van der Waals surface area (Å²) in [5, 5.41) is 7.91. The lowest BCUT2D eigenvalue weighted by Crippen LogP contribution is -2.25. The molecule has 1 amide bonds. The van der Waals surface area contributed by atoms with Crippen molar-refractivity contribution in [1.29, 1.82) is 0 Å². The minimum atomic E-state index is -1.73. The van der Waals surface area contributed by atoms with E-state index in [1.54, 1.807) is 18.3 Å². The van der Waals surface area contributed by atoms with Crippen molar-refractivity contribution < 1.29 is 9.18 Å². The lowest BCUT2D eigenvalue weighted by molar-refractivity contribution is -0.115. The average molecular weight is 380 g/mol. The van der Waals surface area contributed by atoms with Crippen molar-refractivity contribution in [2.45, 2.75) is 65.1 Å². The molecule has 0 radical (unpaired) electrons. The Kier molecular flexibility index (Phi) is 7.02. The molecule has 0 aromatic carbocycles. The molecule has 2 rings (SSSR count). The molecular formula is C18H26FN5OS. The van der Waals surface area contributed by atoms with Crippen LogP contribution in [0.15, 0.2) is 17.5 Å². The fourth-order valence-electron chi connectivity index (χ4n) is 2.31. The van der Waals surface area contributed by atoms with Gasteiger partial charge in [0.15, 0.2) is 11.5 Å². The van der Waals surface area contributed by atoms with Gasteiger partial charge in [-0.1, -0.05) is 19.9 Å². The van der Waals surface area contributed by atoms with Gasteiger partial charge in [-0.3, -0.25) is 10.1 Å². The van der Waals surface area contributed by atoms with E-state index in [9.17, 15) is 9.18 Å². The van der Waals surface area contributed by atoms with E-state index in [-0.39, 0.29) is 29.7 Å². The van der Waals surface area contributed by atoms with Gasteiger partial charge in [0.2, 0.25) is 17.8 Å². The van der Waals surface area contributed by atoms with Gasteiger partial charge in [-0.25, -0.2) is 4.39 Å². The summed E-state index contributed by atoms with van der Waals surface area (Å²) in [5.41, 5.74) is -1.73. The van der Waals surface area contributed by atoms with Crippen molar-refractivity contribution in [2.24, 2.45) is 0 Å². The molecule has 0 fully saturated rings. The van der Waals surface area contributed by atoms with E-state index >= 15 is 0 Å². The van der Waals surface area contributed by atoms with Gasteiger partial charge in [0.05, 0.1) is 0 Å². The zero-order chi connectivity index (χ0) is 19.2. The number of aromatic nitrogens is 3. The molecule has 0 aliphatic heterocycles. The standard InChI is InChI=1S/C18H26FN5OS/c1-5-12(9-10-13-8-7-11-26-13)20-16-22-15(18(3,4)19)23-17(24-16)21-14(25)6-2/h7-8,11-12H,5-6,9-10H2,1-4H3,(H2,20,21,22,23,24,25)/t12-/m1/s1. The zero-order valence-corrected chi connectivity index (χ0v) is 16.5. The molecule has 0 saturated heterocycles. The van der Waals surface area contributed by atoms with E-state index < -0.39 is 5.67 Å². The topological polar surface area (TPSA) is 79.8 Å². The van der Waals surface area contributed by atoms with Gasteiger partial charge in [-0.05, 0) is 44.6 Å². The second-order valence-corrected chi connectivity index (χ2v) is 7.58. The summed E-state index contributed by atoms with van der Waals surface area (Å²) in [6.07, 6.45) is 3.03. The first-order valence-corrected chi connectivity index (χ1v) is 9.74. The number of amides is 1. The predicted molar refractivity (Wildman–Crippen MR) is 103 cm³/mol. The second kappa shape index (κ2) is 9.02. The minimum Gasteiger partial charge on any atom is -0.351 e. The van der Waals surface area contributed by atoms with Gasteiger partial charge < -0.3 is 5.32 Å². The van der Waals surface area contributed by atoms with Crippen molar-refractivity contribution in [2.75, 3.05) is 10.6 Å². The molecular weight excluding hydrogens is 353 g/mol. The number of anilines is 2. The maximum atomic E-state index is 14.4. The monoisotopic (exact) mass is 379 g/mol. The Hall–Kier alpha value is -2.09. The molecule has 2 heterocycles. The molecule has 1 atom stereocenters. The molecule has 0 unspecified atom stereocenters. The molecule has 8 heteroatoms. The van der Waals surface area contributed by atoms with Crippen LogP contribution in [0.3, 0.4) is 0 Å². The second-order valence-electron chi connectivity index (χ2n) is 6.55. The highest BCUT2D eigenvalue weighted by Gasteiger charge is 2.25. The SMILES string of the molecule is CCC(=O)Nc1nc(N[C@H](CC)CCc2cccs2)nc(C(C)(C)F)n1. The van der Waals surface area contributed by atoms with Gasteiger partial charge in [0.25, 0.3) is 0 Å². The normalized spacial score (nSPS) is 12.7. The van der Waals surface area contributed by atoms with E-state index in [0.29, 0.717) is 6.42 Å². The summed E-state index contributed by atoms with van der Waals surface area (Å²) in [7, 11) is 0. The van der Waals surface area contributed by atoms with Crippen molar-refractivity contribution in [1.82, 2.24) is 15.0 Å². The smallest absolute Gasteiger partial charge is 0.234 e. The van der Waals surface area contributed by atoms with E-state index in [0.717, 1.165) is 19.3 Å². The maximum absolute atomic E-state index is 14.4. The van der Waals surface area contributed by atoms with Gasteiger partial charge >= 0.3 is 0 Å². The van der Waals surface area contributed by atoms with Gasteiger partial charge in [-0.2, -0.15) is 15.0 Å². The molecule has 0 saturated carbocycles. The van der Waals surface area contributed by atoms with Crippen molar-refractivity contribution in [3.63, 3.8) is 0 Å². The molecule has 6 nitrogen and oxygen atoms in total. The largest absolute Gasteiger partial charge is 0.351 e. The lowest BCUT2D eigenvalue weighted by Gasteiger charge is -2.19. The highest BCUT2D eigenvalue weighted by molar-refractivity contribution is 7.09. The lowest BCUT2D eigenvalue weighted by atomic mass is 10.1. The van der Waals surface area contributed by atoms with Crippen LogP contribution >= 0.6 is 11.3 Å². The number of thiophene rings is 1. The fraction of sp³-hybridized carbons (Fsp3) is 0.556. The predicted octanol–water partition coefficient (Wildman–Crippen LogP) is 4.31. The Morgan fingerprint density at radius 3 is 2.58 bits per heavy atom. The minimum absolute atomic E-state index is 0.00508. The quantitative estimate of drug-likeness (QED) is 0.679. The third-order valence-corrected chi connectivity index (χ3v) is 4.82. The van der Waals surface area contributed by atoms with E-state index in [4.69, 9.17) is 0 Å². The first-order chi connectivity index (χ1) is 12.3. The van der Waals surface area contributed by atoms with E-state index in [1.807, 2.05) is 6.07 Å². The number of alkyl halides is 1. The number of aryl methyl sites for hydroxylation is 1. The van der Waals surface area contributed by atoms with Crippen molar-refractivity contribution in [3.05, 3.63) is 28.2 Å². The first-order valence-electron chi connectivity index (χ1n) is 8.86. The van der Waals surface area contributed by atoms with Gasteiger partial charge in [0, 0.05) is 17.3 Å². The number of halogens is 1. The van der Waals surface area contributed by atoms with Crippen LogP contribution in [0.5, 0.6) is 0 Å². The summed E-state index contributed by atoms with van der Waals surface area (Å²) in [4.78, 5) is 25.5. The van der Waals surface area contributed by atoms with Crippen LogP contribution in [0, 0.1) is 0 Å². The Morgan fingerprint density at radius 2 is 2.00 bits per heavy atom. The van der Waals surface area contributed by atoms with Crippen LogP contribution < -0.4 is 10.6 Å². The van der Waals surface area contributed by atoms with Crippen LogP contribution in [-0.2, 0) is 16.9 Å². The van der Waals surface area contributed by atoms with Crippen LogP contribution in [0.1, 0.15) is 57.7 Å². The Balaban J connectivity index is 2.16. The number of carbonyl (C=O) groups is 1. The molecule has 0 aliphatic rings. The molecule has 26 heavy (non-hydrogen) atoms. The third-order valence-electron chi connectivity index (χ3n) is 3.88. The first kappa shape index (κ1) is 20.2. The number of hydrogen-bond acceptors (Lipinski definition) is 6. The summed E-state index contributed by atoms with van der Waals surface area (Å²) >= 11 is 1.73. The van der Waals surface area contributed by atoms with Crippen LogP contribution in [-0.4, -0.2) is 26.9 Å². The Labute approximate surface area is 157 Å². The molecule has 0 spiro atoms. The van der Waals surface area contributed by atoms with Crippen LogP contribution in [0.25, 0.3) is 0 Å². The Bertz CT molecular complexity index is 715. The highest BCUT2D eigenvalue weighted by Crippen LogP contribution is 2.23. The average Bonchev–Trinajstić information content (AvgIpc) is 3.11. The number of nitrogens with one attached hydrogen (secondary N) is 2. The number of carbonyl (C=O) groups excluding carboxylic acids is 1. The van der Waals surface area contributed by atoms with E-state index in [1.165, 1.54) is 18.7 Å². The van der Waals surface area contributed by atoms with Crippen LogP contribution in [0.4, 0.5) is 16.3 Å². The molecule has 2 aromatic rings. The van der Waals surface area contributed by atoms with Gasteiger partial charge in [0.1, 0.15) is 0 Å². The number of nitrogens with zero attached hydrogens (tertiary/aromatic N) is 3. The van der Waals surface area contributed by atoms with E-state index in [2.05, 4.69) is 44.0 Å². The number of rotatable bonds is 9. The highest BCUT2D eigenvalue weighted by atomic mass is 32.1. The van der Waals surface area contributed by atoms with Crippen molar-refractivity contribution in [3.8, 4) is 0 Å². The summed E-state index contributed by atoms with van der Waals surface area (Å²) in [6, 6.07) is 4.30. The molecule has 2 N–H and O–H groups in total. The zero-order valence-electron chi connectivity index (χ0n) is 15.7. The molecule has 0 aliphatic carbocycles. The summed E-state index contributed by atoms with van der Waals surface area (Å²) in [5.74, 6) is 0.123. The fourth-order valence-corrected chi connectivity index (χ4v) is 3.03. The van der Waals surface area contributed by atoms with Crippen molar-refractivity contribution >= 4 is 29.1 Å². The molecule has 142 valence electrons. The number of hydrogen-bond donors (Lipinski definition) is 2. The molecule has 2 aromatic heterocycles. The molecule has 0 bridgehead atoms. The Morgan fingerprint density at radius 1 is 1.27 bits per heavy atom. The van der Waals surface area contributed by atoms with Gasteiger partial charge in [-0.15, -0.1) is 11.3 Å². The maximum Gasteiger partial charge on any atom is 0.234 e. The summed E-state index contributed by atoms with van der Waals surface area (Å²) in [6.45, 7) is 6.57. The third kappa shape index (κ3) is 6.01.